The number of rotatable bonds is 12. The van der Waals surface area contributed by atoms with Crippen molar-refractivity contribution < 1.29 is 18.0 Å². The SMILES string of the molecule is CCCCNC(=O)[C@@H](CC)N(Cc1ccccc1Cl)C(=O)CN(c1ccc(Cl)cc1Cl)S(C)(=O)=O. The minimum atomic E-state index is -3.90. The first-order chi connectivity index (χ1) is 16.5. The topological polar surface area (TPSA) is 86.8 Å². The molecule has 35 heavy (non-hydrogen) atoms. The smallest absolute Gasteiger partial charge is 0.244 e. The fourth-order valence-corrected chi connectivity index (χ4v) is 5.13. The van der Waals surface area contributed by atoms with Crippen LogP contribution in [0.2, 0.25) is 15.1 Å². The molecule has 2 rings (SSSR count). The Morgan fingerprint density at radius 2 is 1.71 bits per heavy atom. The Morgan fingerprint density at radius 3 is 2.29 bits per heavy atom. The number of unbranched alkanes of at least 4 members (excludes halogenated alkanes) is 1. The molecule has 0 aliphatic heterocycles. The normalized spacial score (nSPS) is 12.2. The molecule has 0 fully saturated rings. The monoisotopic (exact) mass is 561 g/mol. The summed E-state index contributed by atoms with van der Waals surface area (Å²) < 4.78 is 26.2. The highest BCUT2D eigenvalue weighted by molar-refractivity contribution is 7.92. The van der Waals surface area contributed by atoms with E-state index in [1.807, 2.05) is 6.92 Å². The molecule has 0 spiro atoms. The van der Waals surface area contributed by atoms with Gasteiger partial charge in [0.2, 0.25) is 21.8 Å². The first kappa shape index (κ1) is 29.2. The predicted octanol–water partition coefficient (Wildman–Crippen LogP) is 5.14. The van der Waals surface area contributed by atoms with Gasteiger partial charge in [0.15, 0.2) is 0 Å². The number of hydrogen-bond acceptors (Lipinski definition) is 4. The molecule has 0 aliphatic carbocycles. The number of halogens is 3. The van der Waals surface area contributed by atoms with E-state index in [9.17, 15) is 18.0 Å². The summed E-state index contributed by atoms with van der Waals surface area (Å²) in [5.41, 5.74) is 0.753. The molecule has 0 radical (unpaired) electrons. The summed E-state index contributed by atoms with van der Waals surface area (Å²) in [5, 5.41) is 3.71. The van der Waals surface area contributed by atoms with Crippen molar-refractivity contribution in [2.24, 2.45) is 0 Å². The summed E-state index contributed by atoms with van der Waals surface area (Å²) in [4.78, 5) is 28.0. The fraction of sp³-hybridized carbons (Fsp3) is 0.417. The van der Waals surface area contributed by atoms with Crippen LogP contribution in [-0.2, 0) is 26.2 Å². The molecule has 0 saturated carbocycles. The fourth-order valence-electron chi connectivity index (χ4n) is 3.51. The molecular weight excluding hydrogens is 533 g/mol. The van der Waals surface area contributed by atoms with Gasteiger partial charge in [-0.05, 0) is 42.7 Å². The van der Waals surface area contributed by atoms with E-state index < -0.39 is 28.5 Å². The van der Waals surface area contributed by atoms with Gasteiger partial charge < -0.3 is 10.2 Å². The van der Waals surface area contributed by atoms with Crippen LogP contribution in [0.25, 0.3) is 0 Å². The van der Waals surface area contributed by atoms with Crippen LogP contribution in [0, 0.1) is 0 Å². The van der Waals surface area contributed by atoms with Gasteiger partial charge in [0.25, 0.3) is 0 Å². The van der Waals surface area contributed by atoms with Crippen molar-refractivity contribution in [3.63, 3.8) is 0 Å². The Bertz CT molecular complexity index is 1140. The number of nitrogens with zero attached hydrogens (tertiary/aromatic N) is 2. The molecule has 2 aromatic carbocycles. The van der Waals surface area contributed by atoms with E-state index in [1.54, 1.807) is 31.2 Å². The van der Waals surface area contributed by atoms with E-state index in [4.69, 9.17) is 34.8 Å². The van der Waals surface area contributed by atoms with Crippen LogP contribution in [0.15, 0.2) is 42.5 Å². The zero-order valence-corrected chi connectivity index (χ0v) is 23.0. The van der Waals surface area contributed by atoms with Gasteiger partial charge in [0, 0.05) is 23.1 Å². The van der Waals surface area contributed by atoms with Gasteiger partial charge in [-0.1, -0.05) is 73.3 Å². The Kier molecular flexibility index (Phi) is 11.1. The van der Waals surface area contributed by atoms with Crippen molar-refractivity contribution in [3.8, 4) is 0 Å². The first-order valence-electron chi connectivity index (χ1n) is 11.2. The first-order valence-corrected chi connectivity index (χ1v) is 14.2. The van der Waals surface area contributed by atoms with Crippen molar-refractivity contribution in [2.45, 2.75) is 45.7 Å². The quantitative estimate of drug-likeness (QED) is 0.363. The second-order valence-electron chi connectivity index (χ2n) is 8.05. The molecule has 0 heterocycles. The van der Waals surface area contributed by atoms with E-state index in [2.05, 4.69) is 5.32 Å². The van der Waals surface area contributed by atoms with Crippen molar-refractivity contribution in [1.82, 2.24) is 10.2 Å². The molecule has 0 aromatic heterocycles. The summed E-state index contributed by atoms with van der Waals surface area (Å²) in [6.07, 6.45) is 3.02. The van der Waals surface area contributed by atoms with E-state index in [0.29, 0.717) is 28.6 Å². The van der Waals surface area contributed by atoms with Crippen molar-refractivity contribution >= 4 is 62.3 Å². The van der Waals surface area contributed by atoms with Crippen LogP contribution in [-0.4, -0.2) is 50.5 Å². The van der Waals surface area contributed by atoms with Crippen molar-refractivity contribution in [1.29, 1.82) is 0 Å². The van der Waals surface area contributed by atoms with Gasteiger partial charge in [-0.25, -0.2) is 8.42 Å². The third-order valence-electron chi connectivity index (χ3n) is 5.37. The van der Waals surface area contributed by atoms with Gasteiger partial charge in [-0.3, -0.25) is 13.9 Å². The molecule has 2 aromatic rings. The minimum absolute atomic E-state index is 0.0319. The summed E-state index contributed by atoms with van der Waals surface area (Å²) in [5.74, 6) is -0.879. The zero-order chi connectivity index (χ0) is 26.2. The number of hydrogen-bond donors (Lipinski definition) is 1. The maximum atomic E-state index is 13.6. The lowest BCUT2D eigenvalue weighted by Crippen LogP contribution is -2.52. The highest BCUT2D eigenvalue weighted by Crippen LogP contribution is 2.31. The lowest BCUT2D eigenvalue weighted by Gasteiger charge is -2.33. The third-order valence-corrected chi connectivity index (χ3v) is 7.40. The Hall–Kier alpha value is -2.00. The standard InChI is InChI=1S/C24H30Cl3N3O4S/c1-4-6-13-28-24(32)21(5-2)29(15-17-9-7-8-10-19(17)26)23(31)16-30(35(3,33)34)22-12-11-18(25)14-20(22)27/h7-12,14,21H,4-6,13,15-16H2,1-3H3,(H,28,32)/t21-/m1/s1. The molecule has 0 bridgehead atoms. The number of nitrogens with one attached hydrogen (secondary N) is 1. The van der Waals surface area contributed by atoms with E-state index in [1.165, 1.54) is 23.1 Å². The van der Waals surface area contributed by atoms with Crippen LogP contribution in [0.4, 0.5) is 5.69 Å². The van der Waals surface area contributed by atoms with Gasteiger partial charge >= 0.3 is 0 Å². The predicted molar refractivity (Wildman–Crippen MR) is 143 cm³/mol. The lowest BCUT2D eigenvalue weighted by molar-refractivity contribution is -0.140. The second kappa shape index (κ2) is 13.3. The van der Waals surface area contributed by atoms with Gasteiger partial charge in [-0.15, -0.1) is 0 Å². The van der Waals surface area contributed by atoms with Crippen LogP contribution >= 0.6 is 34.8 Å². The number of carbonyl (C=O) groups is 2. The largest absolute Gasteiger partial charge is 0.354 e. The number of amides is 2. The molecule has 2 amide bonds. The number of anilines is 1. The Morgan fingerprint density at radius 1 is 1.03 bits per heavy atom. The van der Waals surface area contributed by atoms with E-state index >= 15 is 0 Å². The second-order valence-corrected chi connectivity index (χ2v) is 11.2. The summed E-state index contributed by atoms with van der Waals surface area (Å²) in [6, 6.07) is 10.5. The molecule has 0 saturated heterocycles. The number of carbonyl (C=O) groups excluding carboxylic acids is 2. The molecule has 0 unspecified atom stereocenters. The van der Waals surface area contributed by atoms with Crippen LogP contribution in [0.3, 0.4) is 0 Å². The molecule has 7 nitrogen and oxygen atoms in total. The van der Waals surface area contributed by atoms with Crippen LogP contribution in [0.5, 0.6) is 0 Å². The Balaban J connectivity index is 2.45. The molecule has 192 valence electrons. The lowest BCUT2D eigenvalue weighted by atomic mass is 10.1. The van der Waals surface area contributed by atoms with Crippen molar-refractivity contribution in [3.05, 3.63) is 63.1 Å². The van der Waals surface area contributed by atoms with E-state index in [0.717, 1.165) is 23.4 Å². The zero-order valence-electron chi connectivity index (χ0n) is 19.9. The highest BCUT2D eigenvalue weighted by Gasteiger charge is 2.32. The molecular formula is C24H30Cl3N3O4S. The van der Waals surface area contributed by atoms with Gasteiger partial charge in [-0.2, -0.15) is 0 Å². The Labute approximate surface area is 222 Å². The maximum Gasteiger partial charge on any atom is 0.244 e. The number of benzene rings is 2. The van der Waals surface area contributed by atoms with E-state index in [-0.39, 0.29) is 23.2 Å². The summed E-state index contributed by atoms with van der Waals surface area (Å²) in [7, 11) is -3.90. The van der Waals surface area contributed by atoms with Gasteiger partial charge in [0.1, 0.15) is 12.6 Å². The maximum absolute atomic E-state index is 13.6. The van der Waals surface area contributed by atoms with Crippen molar-refractivity contribution in [2.75, 3.05) is 23.7 Å². The summed E-state index contributed by atoms with van der Waals surface area (Å²) >= 11 is 18.6. The molecule has 11 heteroatoms. The van der Waals surface area contributed by atoms with Crippen LogP contribution < -0.4 is 9.62 Å². The average molecular weight is 563 g/mol. The number of sulfonamides is 1. The minimum Gasteiger partial charge on any atom is -0.354 e. The summed E-state index contributed by atoms with van der Waals surface area (Å²) in [6.45, 7) is 3.77. The highest BCUT2D eigenvalue weighted by atomic mass is 35.5. The molecule has 1 atom stereocenters. The average Bonchev–Trinajstić information content (AvgIpc) is 2.78. The van der Waals surface area contributed by atoms with Crippen LogP contribution in [0.1, 0.15) is 38.7 Å². The third kappa shape index (κ3) is 8.27. The van der Waals surface area contributed by atoms with Gasteiger partial charge in [0.05, 0.1) is 17.0 Å². The molecule has 1 N–H and O–H groups in total. The molecule has 0 aliphatic rings.